The van der Waals surface area contributed by atoms with Gasteiger partial charge in [0.15, 0.2) is 0 Å². The van der Waals surface area contributed by atoms with E-state index in [0.717, 1.165) is 32.1 Å². The van der Waals surface area contributed by atoms with Crippen LogP contribution in [0.4, 0.5) is 0 Å². The first kappa shape index (κ1) is 16.4. The summed E-state index contributed by atoms with van der Waals surface area (Å²) >= 11 is 0. The van der Waals surface area contributed by atoms with E-state index in [1.807, 2.05) is 6.08 Å². The van der Waals surface area contributed by atoms with Gasteiger partial charge in [-0.15, -0.1) is 0 Å². The van der Waals surface area contributed by atoms with Gasteiger partial charge in [-0.1, -0.05) is 49.5 Å². The molecule has 0 fully saturated rings. The highest BCUT2D eigenvalue weighted by Crippen LogP contribution is 1.99. The van der Waals surface area contributed by atoms with Gasteiger partial charge < -0.3 is 4.74 Å². The zero-order valence-electron chi connectivity index (χ0n) is 11.5. The first-order valence-electron chi connectivity index (χ1n) is 6.52. The van der Waals surface area contributed by atoms with Crippen LogP contribution in [0.5, 0.6) is 0 Å². The van der Waals surface area contributed by atoms with E-state index < -0.39 is 0 Å². The van der Waals surface area contributed by atoms with Gasteiger partial charge in [-0.3, -0.25) is 0 Å². The van der Waals surface area contributed by atoms with E-state index in [0.29, 0.717) is 0 Å². The molecular weight excluding hydrogens is 224 g/mol. The number of allylic oxidation sites excluding steroid dienone is 7. The van der Waals surface area contributed by atoms with Crippen molar-refractivity contribution >= 4 is 5.97 Å². The lowest BCUT2D eigenvalue weighted by atomic mass is 10.2. The van der Waals surface area contributed by atoms with E-state index in [2.05, 4.69) is 42.0 Å². The predicted octanol–water partition coefficient (Wildman–Crippen LogP) is 4.35. The smallest absolute Gasteiger partial charge is 0.330 e. The minimum Gasteiger partial charge on any atom is -0.466 e. The quantitative estimate of drug-likeness (QED) is 0.199. The number of methoxy groups -OCH3 is 1. The molecule has 2 heteroatoms. The maximum Gasteiger partial charge on any atom is 0.330 e. The van der Waals surface area contributed by atoms with Gasteiger partial charge in [0, 0.05) is 6.08 Å². The van der Waals surface area contributed by atoms with Crippen LogP contribution in [0.1, 0.15) is 39.0 Å². The normalized spacial score (nSPS) is 12.3. The number of hydrogen-bond acceptors (Lipinski definition) is 2. The third-order valence-corrected chi connectivity index (χ3v) is 2.26. The molecule has 0 saturated carbocycles. The lowest BCUT2D eigenvalue weighted by molar-refractivity contribution is -0.134. The van der Waals surface area contributed by atoms with Gasteiger partial charge in [-0.2, -0.15) is 0 Å². The van der Waals surface area contributed by atoms with Crippen molar-refractivity contribution in [2.45, 2.75) is 39.0 Å². The molecule has 0 N–H and O–H groups in total. The summed E-state index contributed by atoms with van der Waals surface area (Å²) in [5.41, 5.74) is 0. The van der Waals surface area contributed by atoms with Gasteiger partial charge >= 0.3 is 5.97 Å². The van der Waals surface area contributed by atoms with Gasteiger partial charge in [0.2, 0.25) is 0 Å². The van der Waals surface area contributed by atoms with E-state index in [1.165, 1.54) is 13.2 Å². The fourth-order valence-corrected chi connectivity index (χ4v) is 1.29. The topological polar surface area (TPSA) is 26.3 Å². The molecule has 0 aliphatic rings. The molecular formula is C16H24O2. The summed E-state index contributed by atoms with van der Waals surface area (Å²) in [5, 5.41) is 0. The molecule has 0 atom stereocenters. The Kier molecular flexibility index (Phi) is 12.3. The number of carbonyl (C=O) groups excluding carboxylic acids is 1. The van der Waals surface area contributed by atoms with Gasteiger partial charge in [-0.05, 0) is 32.1 Å². The second kappa shape index (κ2) is 13.5. The van der Waals surface area contributed by atoms with E-state index >= 15 is 0 Å². The summed E-state index contributed by atoms with van der Waals surface area (Å²) in [6.45, 7) is 2.14. The maximum atomic E-state index is 10.7. The van der Waals surface area contributed by atoms with Gasteiger partial charge in [0.1, 0.15) is 0 Å². The Morgan fingerprint density at radius 3 is 2.44 bits per heavy atom. The van der Waals surface area contributed by atoms with Crippen molar-refractivity contribution in [3.63, 3.8) is 0 Å². The van der Waals surface area contributed by atoms with Crippen molar-refractivity contribution in [2.75, 3.05) is 7.11 Å². The molecule has 0 aliphatic carbocycles. The first-order valence-corrected chi connectivity index (χ1v) is 6.52. The lowest BCUT2D eigenvalue weighted by Gasteiger charge is -1.90. The molecule has 0 bridgehead atoms. The molecule has 2 nitrogen and oxygen atoms in total. The Morgan fingerprint density at radius 1 is 1.00 bits per heavy atom. The van der Waals surface area contributed by atoms with Crippen molar-refractivity contribution in [2.24, 2.45) is 0 Å². The minimum atomic E-state index is -0.317. The minimum absolute atomic E-state index is 0.317. The van der Waals surface area contributed by atoms with Crippen LogP contribution in [-0.4, -0.2) is 13.1 Å². The Bertz CT molecular complexity index is 309. The van der Waals surface area contributed by atoms with Crippen LogP contribution in [0.3, 0.4) is 0 Å². The Labute approximate surface area is 111 Å². The maximum absolute atomic E-state index is 10.7. The van der Waals surface area contributed by atoms with E-state index in [4.69, 9.17) is 0 Å². The standard InChI is InChI=1S/C16H24O2/c1-3-4-5-6-7-8-9-10-11-12-13-14-15-16(17)18-2/h4-5,7-8,12-15H,3,6,9-11H2,1-2H3/b5-4-,8-7-,13-12+,15-14+. The molecule has 0 aliphatic heterocycles. The largest absolute Gasteiger partial charge is 0.466 e. The highest BCUT2D eigenvalue weighted by Gasteiger charge is 1.86. The number of esters is 1. The lowest BCUT2D eigenvalue weighted by Crippen LogP contribution is -1.92. The molecule has 0 amide bonds. The van der Waals surface area contributed by atoms with E-state index in [9.17, 15) is 4.79 Å². The second-order valence-electron chi connectivity index (χ2n) is 3.83. The van der Waals surface area contributed by atoms with Crippen LogP contribution >= 0.6 is 0 Å². The Morgan fingerprint density at radius 2 is 1.72 bits per heavy atom. The fraction of sp³-hybridized carbons (Fsp3) is 0.438. The zero-order valence-corrected chi connectivity index (χ0v) is 11.5. The first-order chi connectivity index (χ1) is 8.81. The van der Waals surface area contributed by atoms with E-state index in [1.54, 1.807) is 6.08 Å². The fourth-order valence-electron chi connectivity index (χ4n) is 1.29. The highest BCUT2D eigenvalue weighted by molar-refractivity contribution is 5.82. The molecule has 0 saturated heterocycles. The summed E-state index contributed by atoms with van der Waals surface area (Å²) in [6.07, 6.45) is 21.3. The molecule has 0 aromatic rings. The molecule has 0 rings (SSSR count). The molecule has 0 unspecified atom stereocenters. The number of unbranched alkanes of at least 4 members (excludes halogenated alkanes) is 2. The van der Waals surface area contributed by atoms with Crippen molar-refractivity contribution in [3.05, 3.63) is 48.6 Å². The SMILES string of the molecule is CC/C=C\C/C=C\CCC/C=C/C=C/C(=O)OC. The average Bonchev–Trinajstić information content (AvgIpc) is 2.39. The predicted molar refractivity (Wildman–Crippen MR) is 77.3 cm³/mol. The van der Waals surface area contributed by atoms with Crippen molar-refractivity contribution < 1.29 is 9.53 Å². The molecule has 18 heavy (non-hydrogen) atoms. The molecule has 0 spiro atoms. The number of carbonyl (C=O) groups is 1. The Hall–Kier alpha value is -1.57. The average molecular weight is 248 g/mol. The third kappa shape index (κ3) is 12.5. The van der Waals surface area contributed by atoms with Crippen LogP contribution < -0.4 is 0 Å². The highest BCUT2D eigenvalue weighted by atomic mass is 16.5. The Balaban J connectivity index is 3.45. The number of ether oxygens (including phenoxy) is 1. The second-order valence-corrected chi connectivity index (χ2v) is 3.83. The van der Waals surface area contributed by atoms with Gasteiger partial charge in [-0.25, -0.2) is 4.79 Å². The summed E-state index contributed by atoms with van der Waals surface area (Å²) in [4.78, 5) is 10.7. The zero-order chi connectivity index (χ0) is 13.5. The van der Waals surface area contributed by atoms with Crippen LogP contribution in [0.15, 0.2) is 48.6 Å². The van der Waals surface area contributed by atoms with Gasteiger partial charge in [0.05, 0.1) is 7.11 Å². The summed E-state index contributed by atoms with van der Waals surface area (Å²) < 4.78 is 4.48. The molecule has 0 heterocycles. The van der Waals surface area contributed by atoms with Crippen molar-refractivity contribution in [1.29, 1.82) is 0 Å². The van der Waals surface area contributed by atoms with Crippen LogP contribution in [0, 0.1) is 0 Å². The number of hydrogen-bond donors (Lipinski definition) is 0. The monoisotopic (exact) mass is 248 g/mol. The molecule has 0 aromatic heterocycles. The van der Waals surface area contributed by atoms with Crippen LogP contribution in [0.25, 0.3) is 0 Å². The summed E-state index contributed by atoms with van der Waals surface area (Å²) in [6, 6.07) is 0. The molecule has 0 aromatic carbocycles. The van der Waals surface area contributed by atoms with Crippen LogP contribution in [-0.2, 0) is 9.53 Å². The van der Waals surface area contributed by atoms with Crippen molar-refractivity contribution in [3.8, 4) is 0 Å². The molecule has 100 valence electrons. The van der Waals surface area contributed by atoms with Crippen molar-refractivity contribution in [1.82, 2.24) is 0 Å². The van der Waals surface area contributed by atoms with E-state index in [-0.39, 0.29) is 5.97 Å². The summed E-state index contributed by atoms with van der Waals surface area (Å²) in [7, 11) is 1.37. The summed E-state index contributed by atoms with van der Waals surface area (Å²) in [5.74, 6) is -0.317. The molecule has 0 radical (unpaired) electrons. The van der Waals surface area contributed by atoms with Gasteiger partial charge in [0.25, 0.3) is 0 Å². The third-order valence-electron chi connectivity index (χ3n) is 2.26. The van der Waals surface area contributed by atoms with Crippen LogP contribution in [0.2, 0.25) is 0 Å². The number of rotatable bonds is 9.